The summed E-state index contributed by atoms with van der Waals surface area (Å²) in [6.07, 6.45) is -1.75. The van der Waals surface area contributed by atoms with Gasteiger partial charge < -0.3 is 0 Å². The fourth-order valence-electron chi connectivity index (χ4n) is 2.58. The van der Waals surface area contributed by atoms with Gasteiger partial charge in [0.05, 0.1) is 5.52 Å². The van der Waals surface area contributed by atoms with Crippen molar-refractivity contribution in [2.75, 3.05) is 0 Å². The standard InChI is InChI=1S/C16H18F3N/c1-3-5-8-13-11(4-2)12-9-6-7-10-14(12)20-15(13)16(17,18)19/h6-7,9-10H,3-5,8H2,1-2H3. The zero-order valence-corrected chi connectivity index (χ0v) is 11.7. The van der Waals surface area contributed by atoms with E-state index in [2.05, 4.69) is 4.98 Å². The molecule has 20 heavy (non-hydrogen) atoms. The molecular weight excluding hydrogens is 263 g/mol. The topological polar surface area (TPSA) is 12.9 Å². The number of nitrogens with zero attached hydrogens (tertiary/aromatic N) is 1. The summed E-state index contributed by atoms with van der Waals surface area (Å²) in [7, 11) is 0. The van der Waals surface area contributed by atoms with Gasteiger partial charge in [-0.3, -0.25) is 0 Å². The van der Waals surface area contributed by atoms with E-state index in [0.29, 0.717) is 23.9 Å². The smallest absolute Gasteiger partial charge is 0.243 e. The van der Waals surface area contributed by atoms with Crippen molar-refractivity contribution in [1.82, 2.24) is 4.98 Å². The van der Waals surface area contributed by atoms with E-state index in [1.54, 1.807) is 12.1 Å². The second-order valence-electron chi connectivity index (χ2n) is 4.89. The maximum atomic E-state index is 13.3. The number of benzene rings is 1. The molecule has 1 aromatic carbocycles. The van der Waals surface area contributed by atoms with E-state index in [0.717, 1.165) is 23.8 Å². The Hall–Kier alpha value is -1.58. The predicted octanol–water partition coefficient (Wildman–Crippen LogP) is 5.16. The number of para-hydroxylation sites is 1. The second-order valence-corrected chi connectivity index (χ2v) is 4.89. The lowest BCUT2D eigenvalue weighted by molar-refractivity contribution is -0.141. The van der Waals surface area contributed by atoms with E-state index in [9.17, 15) is 13.2 Å². The van der Waals surface area contributed by atoms with Gasteiger partial charge in [-0.2, -0.15) is 13.2 Å². The van der Waals surface area contributed by atoms with E-state index in [4.69, 9.17) is 0 Å². The third kappa shape index (κ3) is 2.79. The van der Waals surface area contributed by atoms with Gasteiger partial charge in [0.1, 0.15) is 5.69 Å². The maximum Gasteiger partial charge on any atom is 0.433 e. The van der Waals surface area contributed by atoms with Crippen molar-refractivity contribution < 1.29 is 13.2 Å². The molecule has 0 aliphatic heterocycles. The van der Waals surface area contributed by atoms with E-state index in [1.807, 2.05) is 26.0 Å². The molecule has 4 heteroatoms. The van der Waals surface area contributed by atoms with Crippen molar-refractivity contribution >= 4 is 10.9 Å². The first-order valence-electron chi connectivity index (χ1n) is 6.96. The molecule has 0 spiro atoms. The molecule has 0 atom stereocenters. The van der Waals surface area contributed by atoms with Gasteiger partial charge in [0.25, 0.3) is 0 Å². The van der Waals surface area contributed by atoms with Gasteiger partial charge in [-0.1, -0.05) is 38.5 Å². The van der Waals surface area contributed by atoms with Crippen LogP contribution in [0, 0.1) is 0 Å². The predicted molar refractivity (Wildman–Crippen MR) is 74.7 cm³/mol. The Morgan fingerprint density at radius 2 is 1.75 bits per heavy atom. The normalized spacial score (nSPS) is 12.1. The van der Waals surface area contributed by atoms with Crippen LogP contribution >= 0.6 is 0 Å². The van der Waals surface area contributed by atoms with Gasteiger partial charge in [-0.15, -0.1) is 0 Å². The summed E-state index contributed by atoms with van der Waals surface area (Å²) in [6, 6.07) is 7.07. The molecule has 0 saturated heterocycles. The Morgan fingerprint density at radius 3 is 2.35 bits per heavy atom. The minimum absolute atomic E-state index is 0.376. The lowest BCUT2D eigenvalue weighted by atomic mass is 9.94. The molecular formula is C16H18F3N. The van der Waals surface area contributed by atoms with Crippen LogP contribution in [-0.2, 0) is 19.0 Å². The van der Waals surface area contributed by atoms with Crippen molar-refractivity contribution in [2.24, 2.45) is 0 Å². The van der Waals surface area contributed by atoms with Crippen LogP contribution in [-0.4, -0.2) is 4.98 Å². The molecule has 0 radical (unpaired) electrons. The third-order valence-electron chi connectivity index (χ3n) is 3.51. The van der Waals surface area contributed by atoms with Crippen molar-refractivity contribution in [1.29, 1.82) is 0 Å². The van der Waals surface area contributed by atoms with E-state index in [-0.39, 0.29) is 0 Å². The Kier molecular flexibility index (Phi) is 4.31. The highest BCUT2D eigenvalue weighted by Gasteiger charge is 2.36. The maximum absolute atomic E-state index is 13.3. The highest BCUT2D eigenvalue weighted by Crippen LogP contribution is 2.35. The lowest BCUT2D eigenvalue weighted by Gasteiger charge is -2.18. The van der Waals surface area contributed by atoms with Crippen LogP contribution in [0.1, 0.15) is 43.5 Å². The fourth-order valence-corrected chi connectivity index (χ4v) is 2.58. The summed E-state index contributed by atoms with van der Waals surface area (Å²) < 4.78 is 39.8. The van der Waals surface area contributed by atoms with Gasteiger partial charge in [0.2, 0.25) is 0 Å². The largest absolute Gasteiger partial charge is 0.433 e. The molecule has 1 nitrogen and oxygen atoms in total. The number of rotatable bonds is 4. The lowest BCUT2D eigenvalue weighted by Crippen LogP contribution is -2.15. The molecule has 0 bridgehead atoms. The number of pyridine rings is 1. The summed E-state index contributed by atoms with van der Waals surface area (Å²) >= 11 is 0. The summed E-state index contributed by atoms with van der Waals surface area (Å²) in [5, 5.41) is 0.842. The summed E-state index contributed by atoms with van der Waals surface area (Å²) in [5.74, 6) is 0. The molecule has 2 rings (SSSR count). The van der Waals surface area contributed by atoms with Crippen LogP contribution < -0.4 is 0 Å². The summed E-state index contributed by atoms with van der Waals surface area (Å²) in [6.45, 7) is 3.88. The first-order valence-corrected chi connectivity index (χ1v) is 6.96. The molecule has 0 aliphatic carbocycles. The molecule has 0 fully saturated rings. The third-order valence-corrected chi connectivity index (χ3v) is 3.51. The average molecular weight is 281 g/mol. The Bertz CT molecular complexity index is 602. The fraction of sp³-hybridized carbons (Fsp3) is 0.438. The SMILES string of the molecule is CCCCc1c(C(F)(F)F)nc2ccccc2c1CC. The van der Waals surface area contributed by atoms with Crippen LogP contribution in [0.3, 0.4) is 0 Å². The molecule has 0 N–H and O–H groups in total. The number of hydrogen-bond donors (Lipinski definition) is 0. The number of aryl methyl sites for hydroxylation is 1. The van der Waals surface area contributed by atoms with Crippen LogP contribution in [0.2, 0.25) is 0 Å². The zero-order chi connectivity index (χ0) is 14.8. The van der Waals surface area contributed by atoms with E-state index < -0.39 is 11.9 Å². The van der Waals surface area contributed by atoms with E-state index >= 15 is 0 Å². The van der Waals surface area contributed by atoms with Gasteiger partial charge in [-0.25, -0.2) is 4.98 Å². The van der Waals surface area contributed by atoms with Gasteiger partial charge >= 0.3 is 6.18 Å². The number of fused-ring (bicyclic) bond motifs is 1. The average Bonchev–Trinajstić information content (AvgIpc) is 2.42. The molecule has 1 heterocycles. The number of unbranched alkanes of at least 4 members (excludes halogenated alkanes) is 1. The molecule has 0 unspecified atom stereocenters. The minimum atomic E-state index is -4.39. The van der Waals surface area contributed by atoms with Gasteiger partial charge in [-0.05, 0) is 36.5 Å². The molecule has 108 valence electrons. The van der Waals surface area contributed by atoms with Gasteiger partial charge in [0.15, 0.2) is 0 Å². The first-order chi connectivity index (χ1) is 9.49. The van der Waals surface area contributed by atoms with Crippen LogP contribution in [0.15, 0.2) is 24.3 Å². The quantitative estimate of drug-likeness (QED) is 0.754. The van der Waals surface area contributed by atoms with Crippen LogP contribution in [0.5, 0.6) is 0 Å². The Morgan fingerprint density at radius 1 is 1.05 bits per heavy atom. The summed E-state index contributed by atoms with van der Waals surface area (Å²) in [4.78, 5) is 3.88. The minimum Gasteiger partial charge on any atom is -0.243 e. The number of hydrogen-bond acceptors (Lipinski definition) is 1. The van der Waals surface area contributed by atoms with Crippen LogP contribution in [0.4, 0.5) is 13.2 Å². The van der Waals surface area contributed by atoms with Crippen molar-refractivity contribution in [3.05, 3.63) is 41.1 Å². The highest BCUT2D eigenvalue weighted by atomic mass is 19.4. The number of aromatic nitrogens is 1. The van der Waals surface area contributed by atoms with E-state index in [1.165, 1.54) is 0 Å². The molecule has 2 aromatic rings. The van der Waals surface area contributed by atoms with Crippen molar-refractivity contribution in [3.8, 4) is 0 Å². The Balaban J connectivity index is 2.74. The first kappa shape index (κ1) is 14.8. The molecule has 0 aliphatic rings. The Labute approximate surface area is 116 Å². The summed E-state index contributed by atoms with van der Waals surface area (Å²) in [5.41, 5.74) is 0.885. The van der Waals surface area contributed by atoms with Crippen molar-refractivity contribution in [2.45, 2.75) is 45.7 Å². The number of halogens is 3. The molecule has 1 aromatic heterocycles. The monoisotopic (exact) mass is 281 g/mol. The number of alkyl halides is 3. The molecule has 0 saturated carbocycles. The van der Waals surface area contributed by atoms with Gasteiger partial charge in [0, 0.05) is 5.39 Å². The van der Waals surface area contributed by atoms with Crippen molar-refractivity contribution in [3.63, 3.8) is 0 Å². The zero-order valence-electron chi connectivity index (χ0n) is 11.7. The second kappa shape index (κ2) is 5.81. The van der Waals surface area contributed by atoms with Crippen LogP contribution in [0.25, 0.3) is 10.9 Å². The highest BCUT2D eigenvalue weighted by molar-refractivity contribution is 5.83. The molecule has 0 amide bonds.